The Morgan fingerprint density at radius 2 is 1.87 bits per heavy atom. The van der Waals surface area contributed by atoms with E-state index >= 15 is 0 Å². The highest BCUT2D eigenvalue weighted by molar-refractivity contribution is 5.75. The van der Waals surface area contributed by atoms with Gasteiger partial charge < -0.3 is 15.2 Å². The van der Waals surface area contributed by atoms with Crippen molar-refractivity contribution in [2.24, 2.45) is 11.7 Å². The number of para-hydroxylation sites is 1. The average Bonchev–Trinajstić information content (AvgIpc) is 2.55. The summed E-state index contributed by atoms with van der Waals surface area (Å²) in [6, 6.07) is 12.4. The SMILES string of the molecule is Cc1ccc(Oc2ccccc2)nc1COC(=O)C(N)C(C)C. The fraction of sp³-hybridized carbons (Fsp3) is 0.333. The van der Waals surface area contributed by atoms with E-state index in [0.29, 0.717) is 17.3 Å². The number of esters is 1. The molecule has 1 aromatic carbocycles. The smallest absolute Gasteiger partial charge is 0.323 e. The Bertz CT molecular complexity index is 657. The Hall–Kier alpha value is -2.40. The lowest BCUT2D eigenvalue weighted by molar-refractivity contribution is -0.147. The van der Waals surface area contributed by atoms with Crippen LogP contribution in [0.15, 0.2) is 42.5 Å². The number of hydrogen-bond donors (Lipinski definition) is 1. The van der Waals surface area contributed by atoms with E-state index in [0.717, 1.165) is 5.56 Å². The lowest BCUT2D eigenvalue weighted by atomic mass is 10.1. The second kappa shape index (κ2) is 7.74. The van der Waals surface area contributed by atoms with Crippen LogP contribution in [-0.4, -0.2) is 17.0 Å². The van der Waals surface area contributed by atoms with Gasteiger partial charge in [-0.2, -0.15) is 0 Å². The molecule has 0 saturated heterocycles. The standard InChI is InChI=1S/C18H22N2O3/c1-12(2)17(19)18(21)22-11-15-13(3)9-10-16(20-15)23-14-7-5-4-6-8-14/h4-10,12,17H,11,19H2,1-3H3. The number of aryl methyl sites for hydroxylation is 1. The summed E-state index contributed by atoms with van der Waals surface area (Å²) in [5.41, 5.74) is 7.36. The quantitative estimate of drug-likeness (QED) is 0.829. The van der Waals surface area contributed by atoms with Crippen molar-refractivity contribution in [3.05, 3.63) is 53.7 Å². The minimum Gasteiger partial charge on any atom is -0.458 e. The first-order chi connectivity index (χ1) is 11.0. The van der Waals surface area contributed by atoms with E-state index in [2.05, 4.69) is 4.98 Å². The van der Waals surface area contributed by atoms with E-state index in [4.69, 9.17) is 15.2 Å². The van der Waals surface area contributed by atoms with Gasteiger partial charge in [-0.05, 0) is 30.5 Å². The number of pyridine rings is 1. The molecular formula is C18H22N2O3. The van der Waals surface area contributed by atoms with Crippen LogP contribution in [0.1, 0.15) is 25.1 Å². The molecule has 0 aliphatic rings. The van der Waals surface area contributed by atoms with E-state index in [1.807, 2.05) is 57.2 Å². The molecule has 0 bridgehead atoms. The minimum atomic E-state index is -0.626. The molecule has 1 unspecified atom stereocenters. The van der Waals surface area contributed by atoms with Crippen LogP contribution in [0.5, 0.6) is 11.6 Å². The second-order valence-electron chi connectivity index (χ2n) is 5.71. The Morgan fingerprint density at radius 3 is 2.52 bits per heavy atom. The molecule has 1 heterocycles. The van der Waals surface area contributed by atoms with E-state index in [1.54, 1.807) is 6.07 Å². The van der Waals surface area contributed by atoms with Crippen molar-refractivity contribution in [3.63, 3.8) is 0 Å². The number of aromatic nitrogens is 1. The maximum absolute atomic E-state index is 11.8. The van der Waals surface area contributed by atoms with E-state index in [9.17, 15) is 4.79 Å². The van der Waals surface area contributed by atoms with E-state index < -0.39 is 12.0 Å². The van der Waals surface area contributed by atoms with E-state index in [1.165, 1.54) is 0 Å². The van der Waals surface area contributed by atoms with Gasteiger partial charge in [-0.3, -0.25) is 4.79 Å². The lowest BCUT2D eigenvalue weighted by Crippen LogP contribution is -2.36. The van der Waals surface area contributed by atoms with Crippen molar-refractivity contribution in [1.29, 1.82) is 0 Å². The first-order valence-electron chi connectivity index (χ1n) is 7.59. The Labute approximate surface area is 136 Å². The molecule has 2 aromatic rings. The number of ether oxygens (including phenoxy) is 2. The van der Waals surface area contributed by atoms with Crippen LogP contribution in [0.2, 0.25) is 0 Å². The van der Waals surface area contributed by atoms with Gasteiger partial charge >= 0.3 is 5.97 Å². The zero-order valence-corrected chi connectivity index (χ0v) is 13.7. The molecule has 2 rings (SSSR count). The summed E-state index contributed by atoms with van der Waals surface area (Å²) in [6.07, 6.45) is 0. The molecule has 5 nitrogen and oxygen atoms in total. The maximum Gasteiger partial charge on any atom is 0.323 e. The first kappa shape index (κ1) is 17.0. The number of nitrogens with two attached hydrogens (primary N) is 1. The minimum absolute atomic E-state index is 0.0318. The zero-order chi connectivity index (χ0) is 16.8. The lowest BCUT2D eigenvalue weighted by Gasteiger charge is -2.15. The third-order valence-electron chi connectivity index (χ3n) is 3.48. The molecule has 0 spiro atoms. The highest BCUT2D eigenvalue weighted by atomic mass is 16.5. The Morgan fingerprint density at radius 1 is 1.17 bits per heavy atom. The van der Waals surface area contributed by atoms with Crippen molar-refractivity contribution in [2.75, 3.05) is 0 Å². The summed E-state index contributed by atoms with van der Waals surface area (Å²) in [5, 5.41) is 0. The zero-order valence-electron chi connectivity index (χ0n) is 13.7. The third kappa shape index (κ3) is 4.79. The number of hydrogen-bond acceptors (Lipinski definition) is 5. The molecule has 5 heteroatoms. The molecule has 2 N–H and O–H groups in total. The summed E-state index contributed by atoms with van der Waals surface area (Å²) >= 11 is 0. The summed E-state index contributed by atoms with van der Waals surface area (Å²) in [6.45, 7) is 5.75. The Kier molecular flexibility index (Phi) is 5.71. The van der Waals surface area contributed by atoms with E-state index in [-0.39, 0.29) is 12.5 Å². The van der Waals surface area contributed by atoms with Gasteiger partial charge in [0, 0.05) is 6.07 Å². The highest BCUT2D eigenvalue weighted by Crippen LogP contribution is 2.20. The topological polar surface area (TPSA) is 74.4 Å². The summed E-state index contributed by atoms with van der Waals surface area (Å²) in [7, 11) is 0. The molecular weight excluding hydrogens is 292 g/mol. The number of benzene rings is 1. The fourth-order valence-corrected chi connectivity index (χ4v) is 1.87. The summed E-state index contributed by atoms with van der Waals surface area (Å²) < 4.78 is 10.9. The van der Waals surface area contributed by atoms with Crippen molar-refractivity contribution < 1.29 is 14.3 Å². The second-order valence-corrected chi connectivity index (χ2v) is 5.71. The van der Waals surface area contributed by atoms with Crippen molar-refractivity contribution in [3.8, 4) is 11.6 Å². The van der Waals surface area contributed by atoms with Gasteiger partial charge in [0.15, 0.2) is 0 Å². The van der Waals surface area contributed by atoms with Gasteiger partial charge in [-0.15, -0.1) is 0 Å². The van der Waals surface area contributed by atoms with Crippen LogP contribution in [-0.2, 0) is 16.1 Å². The highest BCUT2D eigenvalue weighted by Gasteiger charge is 2.19. The average molecular weight is 314 g/mol. The fourth-order valence-electron chi connectivity index (χ4n) is 1.87. The molecule has 1 aromatic heterocycles. The number of carbonyl (C=O) groups is 1. The van der Waals surface area contributed by atoms with Crippen LogP contribution in [0.25, 0.3) is 0 Å². The Balaban J connectivity index is 2.04. The van der Waals surface area contributed by atoms with Crippen LogP contribution >= 0.6 is 0 Å². The van der Waals surface area contributed by atoms with Crippen molar-refractivity contribution in [1.82, 2.24) is 4.98 Å². The number of nitrogens with zero attached hydrogens (tertiary/aromatic N) is 1. The molecule has 0 fully saturated rings. The summed E-state index contributed by atoms with van der Waals surface area (Å²) in [4.78, 5) is 16.2. The molecule has 0 aliphatic heterocycles. The molecule has 0 radical (unpaired) electrons. The number of carbonyl (C=O) groups excluding carboxylic acids is 1. The van der Waals surface area contributed by atoms with Gasteiger partial charge in [-0.25, -0.2) is 4.98 Å². The first-order valence-corrected chi connectivity index (χ1v) is 7.59. The van der Waals surface area contributed by atoms with Gasteiger partial charge in [0.2, 0.25) is 5.88 Å². The molecule has 122 valence electrons. The number of rotatable bonds is 6. The van der Waals surface area contributed by atoms with Crippen LogP contribution in [0.4, 0.5) is 0 Å². The normalized spacial score (nSPS) is 12.0. The van der Waals surface area contributed by atoms with Crippen LogP contribution in [0, 0.1) is 12.8 Å². The predicted octanol–water partition coefficient (Wildman–Crippen LogP) is 3.21. The predicted molar refractivity (Wildman–Crippen MR) is 88.1 cm³/mol. The molecule has 0 aliphatic carbocycles. The van der Waals surface area contributed by atoms with Crippen molar-refractivity contribution >= 4 is 5.97 Å². The van der Waals surface area contributed by atoms with Gasteiger partial charge in [0.05, 0.1) is 5.69 Å². The van der Waals surface area contributed by atoms with Gasteiger partial charge in [-0.1, -0.05) is 38.1 Å². The van der Waals surface area contributed by atoms with Gasteiger partial charge in [0.25, 0.3) is 0 Å². The summed E-state index contributed by atoms with van der Waals surface area (Å²) in [5.74, 6) is 0.773. The van der Waals surface area contributed by atoms with Crippen molar-refractivity contribution in [2.45, 2.75) is 33.4 Å². The van der Waals surface area contributed by atoms with Crippen LogP contribution in [0.3, 0.4) is 0 Å². The molecule has 23 heavy (non-hydrogen) atoms. The maximum atomic E-state index is 11.8. The van der Waals surface area contributed by atoms with Crippen LogP contribution < -0.4 is 10.5 Å². The molecule has 1 atom stereocenters. The molecule has 0 amide bonds. The third-order valence-corrected chi connectivity index (χ3v) is 3.48. The monoisotopic (exact) mass is 314 g/mol. The largest absolute Gasteiger partial charge is 0.458 e. The molecule has 0 saturated carbocycles. The van der Waals surface area contributed by atoms with Gasteiger partial charge in [0.1, 0.15) is 18.4 Å².